The molecule has 3 heterocycles. The minimum Gasteiger partial charge on any atom is -0.380 e. The maximum Gasteiger partial charge on any atom is 0.0956 e. The molecule has 2 aliphatic heterocycles. The summed E-state index contributed by atoms with van der Waals surface area (Å²) in [6, 6.07) is 4.75. The van der Waals surface area contributed by atoms with E-state index in [9.17, 15) is 0 Å². The van der Waals surface area contributed by atoms with Crippen LogP contribution in [0.2, 0.25) is 0 Å². The van der Waals surface area contributed by atoms with Crippen LogP contribution >= 0.6 is 11.3 Å². The molecular weight excluding hydrogens is 268 g/mol. The Morgan fingerprint density at radius 1 is 1.45 bits per heavy atom. The van der Waals surface area contributed by atoms with Gasteiger partial charge in [0.05, 0.1) is 17.1 Å². The normalized spacial score (nSPS) is 27.1. The molecule has 3 nitrogen and oxygen atoms in total. The van der Waals surface area contributed by atoms with Crippen LogP contribution in [0.5, 0.6) is 0 Å². The van der Waals surface area contributed by atoms with Crippen LogP contribution in [0.25, 0.3) is 0 Å². The lowest BCUT2D eigenvalue weighted by Crippen LogP contribution is -2.42. The number of methoxy groups -OCH3 is 1. The third-order valence-electron chi connectivity index (χ3n) is 4.13. The van der Waals surface area contributed by atoms with Crippen molar-refractivity contribution < 1.29 is 4.74 Å². The zero-order valence-electron chi connectivity index (χ0n) is 12.2. The molecule has 0 radical (unpaired) electrons. The molecule has 1 saturated heterocycles. The van der Waals surface area contributed by atoms with Crippen LogP contribution in [0.3, 0.4) is 0 Å². The van der Waals surface area contributed by atoms with Gasteiger partial charge in [0.1, 0.15) is 0 Å². The molecule has 0 bridgehead atoms. The third kappa shape index (κ3) is 2.82. The van der Waals surface area contributed by atoms with Crippen molar-refractivity contribution in [1.29, 1.82) is 0 Å². The second-order valence-corrected chi connectivity index (χ2v) is 6.41. The highest BCUT2D eigenvalue weighted by molar-refractivity contribution is 7.14. The van der Waals surface area contributed by atoms with E-state index in [-0.39, 0.29) is 0 Å². The van der Waals surface area contributed by atoms with E-state index in [4.69, 9.17) is 4.74 Å². The van der Waals surface area contributed by atoms with Crippen LogP contribution < -0.4 is 4.90 Å². The molecule has 2 atom stereocenters. The van der Waals surface area contributed by atoms with Crippen LogP contribution in [0.4, 0.5) is 5.00 Å². The standard InChI is InChI=1S/C16H22N2OS/c1-13-5-3-6-14(18(13)16-7-4-10-20-16)11-17-9-8-15(12-17)19-2/h3-7,10,14-15H,8-9,11-12H2,1-2H3. The number of nitrogens with zero attached hydrogens (tertiary/aromatic N) is 2. The van der Waals surface area contributed by atoms with Crippen LogP contribution in [0.1, 0.15) is 13.3 Å². The Bertz CT molecular complexity index is 495. The average Bonchev–Trinajstić information content (AvgIpc) is 3.10. The van der Waals surface area contributed by atoms with E-state index in [1.54, 1.807) is 0 Å². The number of hydrogen-bond acceptors (Lipinski definition) is 4. The molecule has 2 unspecified atom stereocenters. The Morgan fingerprint density at radius 3 is 3.05 bits per heavy atom. The minimum atomic E-state index is 0.411. The van der Waals surface area contributed by atoms with Crippen molar-refractivity contribution in [2.45, 2.75) is 25.5 Å². The summed E-state index contributed by atoms with van der Waals surface area (Å²) in [5.41, 5.74) is 1.32. The molecule has 1 aromatic rings. The van der Waals surface area contributed by atoms with E-state index < -0.39 is 0 Å². The van der Waals surface area contributed by atoms with Gasteiger partial charge in [-0.3, -0.25) is 4.90 Å². The zero-order valence-corrected chi connectivity index (χ0v) is 13.0. The largest absolute Gasteiger partial charge is 0.380 e. The summed E-state index contributed by atoms with van der Waals surface area (Å²) < 4.78 is 5.47. The summed E-state index contributed by atoms with van der Waals surface area (Å²) in [6.45, 7) is 5.46. The lowest BCUT2D eigenvalue weighted by atomic mass is 10.1. The van der Waals surface area contributed by atoms with Gasteiger partial charge in [-0.25, -0.2) is 0 Å². The van der Waals surface area contributed by atoms with Gasteiger partial charge in [0, 0.05) is 32.4 Å². The Morgan fingerprint density at radius 2 is 2.35 bits per heavy atom. The smallest absolute Gasteiger partial charge is 0.0956 e. The van der Waals surface area contributed by atoms with Gasteiger partial charge in [0.15, 0.2) is 0 Å². The maximum atomic E-state index is 5.47. The van der Waals surface area contributed by atoms with E-state index >= 15 is 0 Å². The van der Waals surface area contributed by atoms with Crippen LogP contribution in [0.15, 0.2) is 41.4 Å². The van der Waals surface area contributed by atoms with Crippen molar-refractivity contribution >= 4 is 16.3 Å². The Labute approximate surface area is 125 Å². The highest BCUT2D eigenvalue weighted by atomic mass is 32.1. The van der Waals surface area contributed by atoms with Crippen molar-refractivity contribution in [2.24, 2.45) is 0 Å². The second-order valence-electron chi connectivity index (χ2n) is 5.49. The molecule has 0 N–H and O–H groups in total. The first kappa shape index (κ1) is 13.9. The van der Waals surface area contributed by atoms with Crippen LogP contribution in [0, 0.1) is 0 Å². The Balaban J connectivity index is 1.71. The molecule has 4 heteroatoms. The van der Waals surface area contributed by atoms with Crippen molar-refractivity contribution in [3.05, 3.63) is 41.4 Å². The second kappa shape index (κ2) is 6.12. The van der Waals surface area contributed by atoms with Crippen LogP contribution in [-0.4, -0.2) is 43.8 Å². The number of ether oxygens (including phenoxy) is 1. The SMILES string of the molecule is COC1CCN(CC2C=CC=C(C)N2c2cccs2)C1. The first-order valence-corrected chi connectivity index (χ1v) is 8.09. The lowest BCUT2D eigenvalue weighted by Gasteiger charge is -2.35. The first-order chi connectivity index (χ1) is 9.78. The fourth-order valence-electron chi connectivity index (χ4n) is 3.06. The van der Waals surface area contributed by atoms with Gasteiger partial charge in [-0.2, -0.15) is 0 Å². The Kier molecular flexibility index (Phi) is 4.24. The molecule has 0 spiro atoms. The predicted molar refractivity (Wildman–Crippen MR) is 85.3 cm³/mol. The Hall–Kier alpha value is -1.10. The molecule has 20 heavy (non-hydrogen) atoms. The summed E-state index contributed by atoms with van der Waals surface area (Å²) in [4.78, 5) is 4.97. The van der Waals surface area contributed by atoms with Crippen LogP contribution in [-0.2, 0) is 4.74 Å². The summed E-state index contributed by atoms with van der Waals surface area (Å²) >= 11 is 1.81. The van der Waals surface area contributed by atoms with Gasteiger partial charge in [-0.1, -0.05) is 12.2 Å². The van der Waals surface area contributed by atoms with Crippen molar-refractivity contribution in [3.8, 4) is 0 Å². The molecular formula is C16H22N2OS. The third-order valence-corrected chi connectivity index (χ3v) is 5.00. The zero-order chi connectivity index (χ0) is 13.9. The molecule has 1 aromatic heterocycles. The molecule has 0 amide bonds. The van der Waals surface area contributed by atoms with Gasteiger partial charge in [0.25, 0.3) is 0 Å². The van der Waals surface area contributed by atoms with Gasteiger partial charge in [-0.05, 0) is 36.9 Å². The minimum absolute atomic E-state index is 0.411. The number of anilines is 1. The first-order valence-electron chi connectivity index (χ1n) is 7.21. The summed E-state index contributed by atoms with van der Waals surface area (Å²) in [5, 5.41) is 3.48. The highest BCUT2D eigenvalue weighted by Crippen LogP contribution is 2.30. The fraction of sp³-hybridized carbons (Fsp3) is 0.500. The van der Waals surface area contributed by atoms with Gasteiger partial charge < -0.3 is 9.64 Å². The number of allylic oxidation sites excluding steroid dienone is 3. The summed E-state index contributed by atoms with van der Waals surface area (Å²) in [5.74, 6) is 0. The number of rotatable bonds is 4. The van der Waals surface area contributed by atoms with Gasteiger partial charge in [-0.15, -0.1) is 11.3 Å². The summed E-state index contributed by atoms with van der Waals surface area (Å²) in [6.07, 6.45) is 8.26. The molecule has 0 aromatic carbocycles. The van der Waals surface area contributed by atoms with E-state index in [1.807, 2.05) is 18.4 Å². The number of likely N-dealkylation sites (tertiary alicyclic amines) is 1. The number of hydrogen-bond donors (Lipinski definition) is 0. The molecule has 3 rings (SSSR count). The molecule has 2 aliphatic rings. The molecule has 0 saturated carbocycles. The van der Waals surface area contributed by atoms with Gasteiger partial charge >= 0.3 is 0 Å². The average molecular weight is 290 g/mol. The topological polar surface area (TPSA) is 15.7 Å². The van der Waals surface area contributed by atoms with Crippen molar-refractivity contribution in [1.82, 2.24) is 4.90 Å². The fourth-order valence-corrected chi connectivity index (χ4v) is 3.90. The maximum absolute atomic E-state index is 5.47. The van der Waals surface area contributed by atoms with E-state index in [1.165, 1.54) is 10.7 Å². The molecule has 1 fully saturated rings. The lowest BCUT2D eigenvalue weighted by molar-refractivity contribution is 0.108. The predicted octanol–water partition coefficient (Wildman–Crippen LogP) is 3.12. The van der Waals surface area contributed by atoms with E-state index in [2.05, 4.69) is 52.5 Å². The van der Waals surface area contributed by atoms with Crippen molar-refractivity contribution in [3.63, 3.8) is 0 Å². The quantitative estimate of drug-likeness (QED) is 0.847. The van der Waals surface area contributed by atoms with E-state index in [0.717, 1.165) is 26.1 Å². The highest BCUT2D eigenvalue weighted by Gasteiger charge is 2.28. The van der Waals surface area contributed by atoms with Gasteiger partial charge in [0.2, 0.25) is 0 Å². The van der Waals surface area contributed by atoms with Crippen molar-refractivity contribution in [2.75, 3.05) is 31.6 Å². The van der Waals surface area contributed by atoms with E-state index in [0.29, 0.717) is 12.1 Å². The summed E-state index contributed by atoms with van der Waals surface area (Å²) in [7, 11) is 1.82. The monoisotopic (exact) mass is 290 g/mol. The molecule has 0 aliphatic carbocycles. The molecule has 108 valence electrons. The number of thiophene rings is 1.